The summed E-state index contributed by atoms with van der Waals surface area (Å²) in [6, 6.07) is 0. The molecule has 6 nitrogen and oxygen atoms in total. The highest BCUT2D eigenvalue weighted by atomic mass is 16.6. The van der Waals surface area contributed by atoms with E-state index in [0.717, 1.165) is 75.5 Å². The maximum Gasteiger partial charge on any atom is 0.306 e. The van der Waals surface area contributed by atoms with E-state index in [1.807, 2.05) is 0 Å². The maximum atomic E-state index is 12.8. The van der Waals surface area contributed by atoms with Crippen LogP contribution in [0.25, 0.3) is 0 Å². The molecule has 2 unspecified atom stereocenters. The van der Waals surface area contributed by atoms with Crippen LogP contribution >= 0.6 is 0 Å². The van der Waals surface area contributed by atoms with Gasteiger partial charge in [-0.2, -0.15) is 0 Å². The van der Waals surface area contributed by atoms with Gasteiger partial charge in [0.15, 0.2) is 6.10 Å². The van der Waals surface area contributed by atoms with Gasteiger partial charge in [0, 0.05) is 19.3 Å². The molecular weight excluding hydrogens is 721 g/mol. The van der Waals surface area contributed by atoms with Gasteiger partial charge in [0.2, 0.25) is 0 Å². The number of rotatable bonds is 45. The molecule has 0 aliphatic rings. The lowest BCUT2D eigenvalue weighted by atomic mass is 9.99. The van der Waals surface area contributed by atoms with Crippen LogP contribution in [0.1, 0.15) is 279 Å². The van der Waals surface area contributed by atoms with Crippen molar-refractivity contribution in [1.29, 1.82) is 0 Å². The van der Waals surface area contributed by atoms with Crippen LogP contribution in [0, 0.1) is 17.8 Å². The van der Waals surface area contributed by atoms with E-state index >= 15 is 0 Å². The van der Waals surface area contributed by atoms with Crippen molar-refractivity contribution >= 4 is 17.9 Å². The van der Waals surface area contributed by atoms with Gasteiger partial charge < -0.3 is 14.2 Å². The van der Waals surface area contributed by atoms with Crippen molar-refractivity contribution in [3.05, 3.63) is 0 Å². The van der Waals surface area contributed by atoms with E-state index in [9.17, 15) is 14.4 Å². The van der Waals surface area contributed by atoms with Crippen LogP contribution in [0.4, 0.5) is 0 Å². The van der Waals surface area contributed by atoms with Crippen molar-refractivity contribution < 1.29 is 28.6 Å². The van der Waals surface area contributed by atoms with Crippen molar-refractivity contribution in [3.63, 3.8) is 0 Å². The summed E-state index contributed by atoms with van der Waals surface area (Å²) in [5.41, 5.74) is 0. The molecule has 0 rings (SSSR count). The van der Waals surface area contributed by atoms with Gasteiger partial charge in [-0.15, -0.1) is 0 Å². The van der Waals surface area contributed by atoms with Gasteiger partial charge in [0.25, 0.3) is 0 Å². The van der Waals surface area contributed by atoms with E-state index in [1.165, 1.54) is 161 Å². The second-order valence-corrected chi connectivity index (χ2v) is 18.8. The minimum Gasteiger partial charge on any atom is -0.462 e. The molecule has 0 N–H and O–H groups in total. The van der Waals surface area contributed by atoms with Crippen LogP contribution in [0.5, 0.6) is 0 Å². The van der Waals surface area contributed by atoms with Gasteiger partial charge in [-0.25, -0.2) is 0 Å². The van der Waals surface area contributed by atoms with Crippen molar-refractivity contribution in [1.82, 2.24) is 0 Å². The third-order valence-electron chi connectivity index (χ3n) is 12.4. The van der Waals surface area contributed by atoms with E-state index in [0.29, 0.717) is 19.3 Å². The Kier molecular flexibility index (Phi) is 42.3. The summed E-state index contributed by atoms with van der Waals surface area (Å²) in [6.07, 6.45) is 42.2. The van der Waals surface area contributed by atoms with Crippen molar-refractivity contribution in [2.75, 3.05) is 13.2 Å². The lowest BCUT2D eigenvalue weighted by Gasteiger charge is -2.18. The van der Waals surface area contributed by atoms with Crippen LogP contribution in [0.3, 0.4) is 0 Å². The Morgan fingerprint density at radius 3 is 0.897 bits per heavy atom. The number of esters is 3. The predicted octanol–water partition coefficient (Wildman–Crippen LogP) is 16.4. The second-order valence-electron chi connectivity index (χ2n) is 18.8. The molecule has 3 atom stereocenters. The molecule has 0 saturated heterocycles. The van der Waals surface area contributed by atoms with Gasteiger partial charge in [-0.05, 0) is 37.0 Å². The molecule has 0 bridgehead atoms. The highest BCUT2D eigenvalue weighted by Gasteiger charge is 2.19. The maximum absolute atomic E-state index is 12.8. The summed E-state index contributed by atoms with van der Waals surface area (Å²) in [4.78, 5) is 37.9. The average molecular weight is 821 g/mol. The third kappa shape index (κ3) is 42.5. The zero-order valence-electron chi connectivity index (χ0n) is 39.8. The van der Waals surface area contributed by atoms with Crippen LogP contribution < -0.4 is 0 Å². The summed E-state index contributed by atoms with van der Waals surface area (Å²) in [7, 11) is 0. The van der Waals surface area contributed by atoms with E-state index < -0.39 is 6.10 Å². The number of unbranched alkanes of at least 4 members (excludes halogenated alkanes) is 26. The zero-order chi connectivity index (χ0) is 42.7. The number of carbonyl (C=O) groups is 3. The zero-order valence-corrected chi connectivity index (χ0v) is 39.8. The highest BCUT2D eigenvalue weighted by Crippen LogP contribution is 2.18. The SMILES string of the molecule is CCC(C)CCCCCCCCCCCCC(=O)OC[C@@H](COC(=O)CCCCCCCCCCCCCC(C)C)OC(=O)CCCCCCCCCCC(C)CC. The first kappa shape index (κ1) is 56.4. The average Bonchev–Trinajstić information content (AvgIpc) is 3.21. The molecule has 0 aromatic rings. The fourth-order valence-corrected chi connectivity index (χ4v) is 7.70. The first-order valence-corrected chi connectivity index (χ1v) is 25.7. The molecule has 58 heavy (non-hydrogen) atoms. The number of ether oxygens (including phenoxy) is 3. The molecule has 0 aromatic heterocycles. The minimum absolute atomic E-state index is 0.0653. The Morgan fingerprint density at radius 1 is 0.345 bits per heavy atom. The fourth-order valence-electron chi connectivity index (χ4n) is 7.70. The monoisotopic (exact) mass is 821 g/mol. The third-order valence-corrected chi connectivity index (χ3v) is 12.4. The standard InChI is InChI=1S/C52H100O6/c1-7-47(5)39-33-27-21-15-12-13-17-24-30-36-42-51(54)57-45-49(58-52(55)43-37-31-25-19-18-22-28-34-40-48(6)8-2)44-56-50(53)41-35-29-23-16-11-9-10-14-20-26-32-38-46(3)4/h46-49H,7-45H2,1-6H3/t47?,48?,49-/m1/s1. The molecular formula is C52H100O6. The topological polar surface area (TPSA) is 78.9 Å². The molecule has 0 saturated carbocycles. The Balaban J connectivity index is 4.34. The molecule has 6 heteroatoms. The van der Waals surface area contributed by atoms with Crippen LogP contribution in [0.15, 0.2) is 0 Å². The van der Waals surface area contributed by atoms with E-state index in [1.54, 1.807) is 0 Å². The minimum atomic E-state index is -0.763. The molecule has 0 radical (unpaired) electrons. The lowest BCUT2D eigenvalue weighted by Crippen LogP contribution is -2.30. The van der Waals surface area contributed by atoms with Crippen molar-refractivity contribution in [3.8, 4) is 0 Å². The van der Waals surface area contributed by atoms with E-state index in [2.05, 4.69) is 41.5 Å². The Bertz CT molecular complexity index is 902. The smallest absolute Gasteiger partial charge is 0.306 e. The molecule has 0 aliphatic carbocycles. The molecule has 0 spiro atoms. The molecule has 344 valence electrons. The number of carbonyl (C=O) groups excluding carboxylic acids is 3. The molecule has 0 heterocycles. The van der Waals surface area contributed by atoms with E-state index in [-0.39, 0.29) is 31.1 Å². The molecule has 0 aliphatic heterocycles. The highest BCUT2D eigenvalue weighted by molar-refractivity contribution is 5.71. The Morgan fingerprint density at radius 2 is 0.603 bits per heavy atom. The second kappa shape index (κ2) is 43.5. The largest absolute Gasteiger partial charge is 0.462 e. The lowest BCUT2D eigenvalue weighted by molar-refractivity contribution is -0.167. The predicted molar refractivity (Wildman–Crippen MR) is 247 cm³/mol. The summed E-state index contributed by atoms with van der Waals surface area (Å²) in [5.74, 6) is 1.69. The van der Waals surface area contributed by atoms with Crippen molar-refractivity contribution in [2.24, 2.45) is 17.8 Å². The molecule has 0 aromatic carbocycles. The Labute approximate surface area is 361 Å². The fraction of sp³-hybridized carbons (Fsp3) is 0.942. The first-order chi connectivity index (χ1) is 28.2. The summed E-state index contributed by atoms with van der Waals surface area (Å²) in [6.45, 7) is 13.7. The van der Waals surface area contributed by atoms with Crippen LogP contribution in [0.2, 0.25) is 0 Å². The van der Waals surface area contributed by atoms with Crippen LogP contribution in [-0.4, -0.2) is 37.2 Å². The quantitative estimate of drug-likeness (QED) is 0.0346. The van der Waals surface area contributed by atoms with Gasteiger partial charge >= 0.3 is 17.9 Å². The number of hydrogen-bond acceptors (Lipinski definition) is 6. The van der Waals surface area contributed by atoms with Gasteiger partial charge in [-0.3, -0.25) is 14.4 Å². The number of hydrogen-bond donors (Lipinski definition) is 0. The van der Waals surface area contributed by atoms with Crippen LogP contribution in [-0.2, 0) is 28.6 Å². The molecule has 0 fully saturated rings. The normalized spacial score (nSPS) is 13.1. The van der Waals surface area contributed by atoms with Gasteiger partial charge in [0.05, 0.1) is 0 Å². The summed E-state index contributed by atoms with van der Waals surface area (Å²) < 4.78 is 16.8. The van der Waals surface area contributed by atoms with Gasteiger partial charge in [-0.1, -0.05) is 241 Å². The summed E-state index contributed by atoms with van der Waals surface area (Å²) >= 11 is 0. The van der Waals surface area contributed by atoms with E-state index in [4.69, 9.17) is 14.2 Å². The van der Waals surface area contributed by atoms with Gasteiger partial charge in [0.1, 0.15) is 13.2 Å². The Hall–Kier alpha value is -1.59. The summed E-state index contributed by atoms with van der Waals surface area (Å²) in [5, 5.41) is 0. The first-order valence-electron chi connectivity index (χ1n) is 25.7. The molecule has 0 amide bonds. The van der Waals surface area contributed by atoms with Crippen molar-refractivity contribution in [2.45, 2.75) is 285 Å².